The summed E-state index contributed by atoms with van der Waals surface area (Å²) >= 11 is 0. The van der Waals surface area contributed by atoms with Crippen molar-refractivity contribution in [3.8, 4) is 5.75 Å². The Balaban J connectivity index is 1.38. The number of carbonyl (C=O) groups excluding carboxylic acids is 4. The van der Waals surface area contributed by atoms with Crippen molar-refractivity contribution >= 4 is 56.9 Å². The van der Waals surface area contributed by atoms with E-state index in [9.17, 15) is 44.5 Å². The van der Waals surface area contributed by atoms with Crippen molar-refractivity contribution in [2.75, 3.05) is 23.9 Å². The molecule has 1 heterocycles. The standard InChI is InChI=1S/C35H28N4O9/c1-16-12-27(40)30-24(32(16)41)15-23-20(28(30)21-9-8-17-6-4-5-7-19(17)33(21)42)10-11-22-29(23)35(44)37(34(22)43)18-13-25(38(45)46)31(36(2)3)26(14-18)39(47)48/h4-10,12-14,22-23,28-29,42H,11,15H2,1-3H3. The number of nitrogens with zero attached hydrogens (tertiary/aromatic N) is 4. The Hall–Kier alpha value is -5.98. The van der Waals surface area contributed by atoms with Crippen LogP contribution in [0.1, 0.15) is 31.2 Å². The van der Waals surface area contributed by atoms with Crippen LogP contribution in [0.3, 0.4) is 0 Å². The number of fused-ring (bicyclic) bond motifs is 4. The molecule has 13 heteroatoms. The normalized spacial score (nSPS) is 23.4. The van der Waals surface area contributed by atoms with Gasteiger partial charge in [0.2, 0.25) is 11.8 Å². The number of rotatable bonds is 5. The Morgan fingerprint density at radius 2 is 1.58 bits per heavy atom. The molecule has 48 heavy (non-hydrogen) atoms. The maximum absolute atomic E-state index is 14.3. The number of hydrogen-bond donors (Lipinski definition) is 1. The number of amides is 2. The summed E-state index contributed by atoms with van der Waals surface area (Å²) in [4.78, 5) is 80.0. The second kappa shape index (κ2) is 10.8. The molecule has 13 nitrogen and oxygen atoms in total. The van der Waals surface area contributed by atoms with Crippen LogP contribution >= 0.6 is 0 Å². The zero-order valence-corrected chi connectivity index (χ0v) is 26.0. The highest BCUT2D eigenvalue weighted by atomic mass is 16.6. The predicted molar refractivity (Wildman–Crippen MR) is 174 cm³/mol. The molecule has 1 saturated heterocycles. The molecule has 0 spiro atoms. The molecule has 0 radical (unpaired) electrons. The molecule has 1 N–H and O–H groups in total. The molecule has 1 fully saturated rings. The van der Waals surface area contributed by atoms with Crippen LogP contribution in [0.2, 0.25) is 0 Å². The average molecular weight is 649 g/mol. The fourth-order valence-corrected chi connectivity index (χ4v) is 7.95. The first-order chi connectivity index (χ1) is 22.8. The van der Waals surface area contributed by atoms with Crippen LogP contribution in [0, 0.1) is 38.0 Å². The molecule has 2 amide bonds. The van der Waals surface area contributed by atoms with Gasteiger partial charge in [0.15, 0.2) is 17.3 Å². The van der Waals surface area contributed by atoms with Gasteiger partial charge < -0.3 is 10.0 Å². The van der Waals surface area contributed by atoms with Gasteiger partial charge in [0.05, 0.1) is 27.4 Å². The summed E-state index contributed by atoms with van der Waals surface area (Å²) in [7, 11) is 2.82. The van der Waals surface area contributed by atoms with Crippen molar-refractivity contribution in [1.29, 1.82) is 0 Å². The van der Waals surface area contributed by atoms with Gasteiger partial charge in [0.1, 0.15) is 5.75 Å². The summed E-state index contributed by atoms with van der Waals surface area (Å²) in [5, 5.41) is 36.9. The zero-order chi connectivity index (χ0) is 34.3. The lowest BCUT2D eigenvalue weighted by molar-refractivity contribution is -0.392. The monoisotopic (exact) mass is 648 g/mol. The summed E-state index contributed by atoms with van der Waals surface area (Å²) in [5.41, 5.74) is -0.234. The lowest BCUT2D eigenvalue weighted by Gasteiger charge is -2.42. The Morgan fingerprint density at radius 3 is 2.23 bits per heavy atom. The van der Waals surface area contributed by atoms with E-state index in [2.05, 4.69) is 0 Å². The first-order valence-corrected chi connectivity index (χ1v) is 15.2. The van der Waals surface area contributed by atoms with E-state index in [1.54, 1.807) is 30.3 Å². The van der Waals surface area contributed by atoms with Crippen LogP contribution in [-0.4, -0.2) is 52.4 Å². The van der Waals surface area contributed by atoms with Crippen molar-refractivity contribution in [3.63, 3.8) is 0 Å². The summed E-state index contributed by atoms with van der Waals surface area (Å²) < 4.78 is 0. The molecule has 0 saturated carbocycles. The Bertz CT molecular complexity index is 2130. The zero-order valence-electron chi connectivity index (χ0n) is 26.0. The smallest absolute Gasteiger partial charge is 0.301 e. The average Bonchev–Trinajstić information content (AvgIpc) is 3.31. The Morgan fingerprint density at radius 1 is 0.917 bits per heavy atom. The number of Topliss-reactive ketones (excluding diaryl/α,β-unsaturated/α-hetero) is 1. The minimum Gasteiger partial charge on any atom is -0.507 e. The number of nitro groups is 2. The van der Waals surface area contributed by atoms with Gasteiger partial charge >= 0.3 is 11.4 Å². The third kappa shape index (κ3) is 4.30. The van der Waals surface area contributed by atoms with E-state index in [-0.39, 0.29) is 58.3 Å². The van der Waals surface area contributed by atoms with Gasteiger partial charge in [-0.1, -0.05) is 48.0 Å². The number of benzene rings is 3. The Kier molecular flexibility index (Phi) is 6.89. The number of anilines is 2. The number of carbonyl (C=O) groups is 4. The van der Waals surface area contributed by atoms with E-state index in [0.29, 0.717) is 16.5 Å². The van der Waals surface area contributed by atoms with Gasteiger partial charge in [-0.25, -0.2) is 4.90 Å². The number of aromatic hydroxyl groups is 1. The van der Waals surface area contributed by atoms with Crippen molar-refractivity contribution in [1.82, 2.24) is 0 Å². The Labute approximate surface area is 272 Å². The molecule has 0 bridgehead atoms. The molecule has 4 unspecified atom stereocenters. The molecule has 3 aromatic rings. The van der Waals surface area contributed by atoms with Gasteiger partial charge in [0, 0.05) is 59.8 Å². The van der Waals surface area contributed by atoms with E-state index in [1.807, 2.05) is 12.1 Å². The second-order valence-electron chi connectivity index (χ2n) is 12.7. The van der Waals surface area contributed by atoms with Crippen molar-refractivity contribution in [2.45, 2.75) is 25.7 Å². The third-order valence-electron chi connectivity index (χ3n) is 9.96. The van der Waals surface area contributed by atoms with Crippen LogP contribution in [-0.2, 0) is 19.2 Å². The summed E-state index contributed by atoms with van der Waals surface area (Å²) in [5.74, 6) is -5.78. The van der Waals surface area contributed by atoms with Crippen molar-refractivity contribution in [3.05, 3.63) is 109 Å². The number of nitro benzene ring substituents is 2. The van der Waals surface area contributed by atoms with E-state index in [0.717, 1.165) is 22.4 Å². The number of allylic oxidation sites excluding steroid dienone is 6. The highest BCUT2D eigenvalue weighted by Gasteiger charge is 2.57. The molecule has 4 aliphatic rings. The molecule has 1 aliphatic heterocycles. The maximum Gasteiger partial charge on any atom is 0.301 e. The van der Waals surface area contributed by atoms with Crippen LogP contribution in [0.15, 0.2) is 83.0 Å². The largest absolute Gasteiger partial charge is 0.507 e. The first-order valence-electron chi connectivity index (χ1n) is 15.2. The van der Waals surface area contributed by atoms with Crippen molar-refractivity contribution in [2.24, 2.45) is 17.8 Å². The SMILES string of the molecule is CC1=CC(=O)C2=C(CC3C(=CCC4C(=O)N(c5cc([N+](=O)[O-])c(N(C)C)c([N+](=O)[O-])c5)C(=O)C43)C2c2ccc3ccccc3c2O)C1=O. The minimum absolute atomic E-state index is 0.0182. The predicted octanol–water partition coefficient (Wildman–Crippen LogP) is 5.06. The van der Waals surface area contributed by atoms with E-state index in [4.69, 9.17) is 0 Å². The molecule has 242 valence electrons. The van der Waals surface area contributed by atoms with E-state index in [1.165, 1.54) is 32.0 Å². The van der Waals surface area contributed by atoms with Gasteiger partial charge in [-0.15, -0.1) is 0 Å². The molecule has 0 aromatic heterocycles. The number of imide groups is 1. The van der Waals surface area contributed by atoms with Gasteiger partial charge in [0.25, 0.3) is 0 Å². The lowest BCUT2D eigenvalue weighted by atomic mass is 9.59. The molecule has 4 atom stereocenters. The second-order valence-corrected chi connectivity index (χ2v) is 12.7. The highest BCUT2D eigenvalue weighted by molar-refractivity contribution is 6.25. The number of ketones is 2. The molecule has 3 aliphatic carbocycles. The van der Waals surface area contributed by atoms with E-state index < -0.39 is 56.7 Å². The molecule has 3 aromatic carbocycles. The lowest BCUT2D eigenvalue weighted by Crippen LogP contribution is -2.39. The summed E-state index contributed by atoms with van der Waals surface area (Å²) in [6.45, 7) is 1.53. The molecular weight excluding hydrogens is 620 g/mol. The van der Waals surface area contributed by atoms with Gasteiger partial charge in [-0.05, 0) is 37.1 Å². The van der Waals surface area contributed by atoms with Crippen LogP contribution in [0.4, 0.5) is 22.7 Å². The quantitative estimate of drug-likeness (QED) is 0.129. The molecule has 7 rings (SSSR count). The number of phenols is 1. The van der Waals surface area contributed by atoms with Gasteiger partial charge in [-0.2, -0.15) is 0 Å². The third-order valence-corrected chi connectivity index (χ3v) is 9.96. The molecular formula is C35H28N4O9. The highest BCUT2D eigenvalue weighted by Crippen LogP contribution is 2.57. The van der Waals surface area contributed by atoms with Crippen LogP contribution in [0.5, 0.6) is 5.75 Å². The van der Waals surface area contributed by atoms with Crippen molar-refractivity contribution < 1.29 is 34.1 Å². The summed E-state index contributed by atoms with van der Waals surface area (Å²) in [6, 6.07) is 12.6. The first kappa shape index (κ1) is 30.7. The summed E-state index contributed by atoms with van der Waals surface area (Å²) in [6.07, 6.45) is 3.12. The fraction of sp³-hybridized carbons (Fsp3) is 0.257. The fourth-order valence-electron chi connectivity index (χ4n) is 7.95. The number of hydrogen-bond acceptors (Lipinski definition) is 10. The van der Waals surface area contributed by atoms with Gasteiger partial charge in [-0.3, -0.25) is 39.4 Å². The van der Waals surface area contributed by atoms with E-state index >= 15 is 0 Å². The van der Waals surface area contributed by atoms with Crippen LogP contribution < -0.4 is 9.80 Å². The number of phenolic OH excluding ortho intramolecular Hbond substituents is 1. The van der Waals surface area contributed by atoms with Crippen LogP contribution in [0.25, 0.3) is 10.8 Å². The maximum atomic E-state index is 14.3. The minimum atomic E-state index is -1.03. The topological polar surface area (TPSA) is 181 Å².